The summed E-state index contributed by atoms with van der Waals surface area (Å²) in [7, 11) is 1.72. The van der Waals surface area contributed by atoms with Crippen LogP contribution in [0.4, 0.5) is 5.95 Å². The number of nitrogen functional groups attached to an aromatic ring is 1. The average molecular weight is 265 g/mol. The molecule has 2 rings (SSSR count). The lowest BCUT2D eigenvalue weighted by Gasteiger charge is -2.19. The van der Waals surface area contributed by atoms with Gasteiger partial charge in [-0.05, 0) is 20.3 Å². The lowest BCUT2D eigenvalue weighted by Crippen LogP contribution is -2.18. The maximum Gasteiger partial charge on any atom is 0.202 e. The summed E-state index contributed by atoms with van der Waals surface area (Å²) in [6.07, 6.45) is 2.09. The molecule has 0 aliphatic carbocycles. The highest BCUT2D eigenvalue weighted by Gasteiger charge is 2.22. The zero-order valence-electron chi connectivity index (χ0n) is 12.2. The number of aromatic nitrogens is 4. The van der Waals surface area contributed by atoms with Crippen molar-refractivity contribution >= 4 is 17.1 Å². The van der Waals surface area contributed by atoms with E-state index < -0.39 is 0 Å². The van der Waals surface area contributed by atoms with E-state index in [1.807, 2.05) is 11.6 Å². The number of rotatable bonds is 6. The lowest BCUT2D eigenvalue weighted by atomic mass is 10.2. The number of anilines is 1. The van der Waals surface area contributed by atoms with Crippen molar-refractivity contribution in [1.29, 1.82) is 0 Å². The normalized spacial score (nSPS) is 13.3. The highest BCUT2D eigenvalue weighted by atomic mass is 16.5. The minimum atomic E-state index is 0.210. The average Bonchev–Trinajstić information content (AvgIpc) is 2.86. The van der Waals surface area contributed by atoms with E-state index in [9.17, 15) is 0 Å². The second-order valence-corrected chi connectivity index (χ2v) is 4.81. The second-order valence-electron chi connectivity index (χ2n) is 4.81. The molecule has 0 saturated heterocycles. The zero-order chi connectivity index (χ0) is 14.0. The Kier molecular flexibility index (Phi) is 4.09. The molecule has 1 unspecified atom stereocenters. The van der Waals surface area contributed by atoms with E-state index in [-0.39, 0.29) is 6.04 Å². The molecule has 19 heavy (non-hydrogen) atoms. The number of hydrogen-bond donors (Lipinski definition) is 1. The number of fused-ring (bicyclic) bond motifs is 1. The third-order valence-corrected chi connectivity index (χ3v) is 3.42. The van der Waals surface area contributed by atoms with Gasteiger partial charge in [-0.1, -0.05) is 13.3 Å². The van der Waals surface area contributed by atoms with Crippen LogP contribution in [0.1, 0.15) is 38.4 Å². The maximum atomic E-state index is 6.11. The van der Waals surface area contributed by atoms with Crippen LogP contribution in [0, 0.1) is 6.92 Å². The predicted molar refractivity (Wildman–Crippen MR) is 76.2 cm³/mol. The van der Waals surface area contributed by atoms with Crippen LogP contribution in [0.3, 0.4) is 0 Å². The van der Waals surface area contributed by atoms with Crippen molar-refractivity contribution in [2.45, 2.75) is 46.2 Å². The van der Waals surface area contributed by atoms with E-state index in [2.05, 4.69) is 28.5 Å². The molecule has 2 heterocycles. The summed E-state index contributed by atoms with van der Waals surface area (Å²) in [6, 6.07) is 0.210. The number of methoxy groups -OCH3 is 1. The molecule has 0 saturated carbocycles. The predicted octanol–water partition coefficient (Wildman–Crippen LogP) is 2.13. The molecule has 0 spiro atoms. The molecular formula is C13H23N5O. The van der Waals surface area contributed by atoms with Crippen LogP contribution < -0.4 is 5.73 Å². The van der Waals surface area contributed by atoms with Gasteiger partial charge in [0.1, 0.15) is 5.52 Å². The Hall–Kier alpha value is -1.56. The summed E-state index contributed by atoms with van der Waals surface area (Å²) < 4.78 is 9.37. The van der Waals surface area contributed by atoms with E-state index >= 15 is 0 Å². The van der Waals surface area contributed by atoms with Crippen molar-refractivity contribution in [3.05, 3.63) is 5.69 Å². The van der Waals surface area contributed by atoms with E-state index in [0.29, 0.717) is 12.6 Å². The van der Waals surface area contributed by atoms with E-state index in [0.717, 1.165) is 36.2 Å². The lowest BCUT2D eigenvalue weighted by molar-refractivity contribution is 0.152. The standard InChI is InChI=1S/C13H23N5O/c1-5-7-10(8-19-4)18-12-11(15-13(18)14)9(3)16-17(12)6-2/h10H,5-8H2,1-4H3,(H2,14,15). The van der Waals surface area contributed by atoms with Crippen LogP contribution >= 0.6 is 0 Å². The van der Waals surface area contributed by atoms with Gasteiger partial charge >= 0.3 is 0 Å². The van der Waals surface area contributed by atoms with Gasteiger partial charge in [0.15, 0.2) is 5.65 Å². The van der Waals surface area contributed by atoms with Gasteiger partial charge in [-0.3, -0.25) is 4.57 Å². The summed E-state index contributed by atoms with van der Waals surface area (Å²) in [5, 5.41) is 4.51. The highest BCUT2D eigenvalue weighted by Crippen LogP contribution is 2.27. The van der Waals surface area contributed by atoms with Crippen molar-refractivity contribution in [1.82, 2.24) is 19.3 Å². The Morgan fingerprint density at radius 1 is 1.37 bits per heavy atom. The zero-order valence-corrected chi connectivity index (χ0v) is 12.2. The maximum absolute atomic E-state index is 6.11. The number of hydrogen-bond acceptors (Lipinski definition) is 4. The first-order chi connectivity index (χ1) is 9.13. The van der Waals surface area contributed by atoms with E-state index in [4.69, 9.17) is 10.5 Å². The monoisotopic (exact) mass is 265 g/mol. The Labute approximate surface area is 113 Å². The van der Waals surface area contributed by atoms with Crippen molar-refractivity contribution in [2.75, 3.05) is 19.5 Å². The molecule has 0 aliphatic rings. The molecule has 0 radical (unpaired) electrons. The Balaban J connectivity index is 2.59. The van der Waals surface area contributed by atoms with Crippen LogP contribution in [-0.4, -0.2) is 33.0 Å². The minimum Gasteiger partial charge on any atom is -0.383 e. The molecule has 0 amide bonds. The van der Waals surface area contributed by atoms with Crippen molar-refractivity contribution in [3.8, 4) is 0 Å². The first-order valence-corrected chi connectivity index (χ1v) is 6.83. The highest BCUT2D eigenvalue weighted by molar-refractivity contribution is 5.77. The Morgan fingerprint density at radius 2 is 2.11 bits per heavy atom. The van der Waals surface area contributed by atoms with Gasteiger partial charge in [0.05, 0.1) is 18.3 Å². The second kappa shape index (κ2) is 5.61. The molecule has 0 fully saturated rings. The molecule has 0 aliphatic heterocycles. The fourth-order valence-corrected chi connectivity index (χ4v) is 2.60. The molecular weight excluding hydrogens is 242 g/mol. The quantitative estimate of drug-likeness (QED) is 0.868. The first-order valence-electron chi connectivity index (χ1n) is 6.83. The third kappa shape index (κ3) is 2.32. The first kappa shape index (κ1) is 13.9. The van der Waals surface area contributed by atoms with Crippen LogP contribution in [-0.2, 0) is 11.3 Å². The van der Waals surface area contributed by atoms with Crippen LogP contribution in [0.5, 0.6) is 0 Å². The summed E-state index contributed by atoms with van der Waals surface area (Å²) >= 11 is 0. The molecule has 6 heteroatoms. The number of ether oxygens (including phenoxy) is 1. The summed E-state index contributed by atoms with van der Waals surface area (Å²) in [5.74, 6) is 0.549. The fraction of sp³-hybridized carbons (Fsp3) is 0.692. The van der Waals surface area contributed by atoms with E-state index in [1.165, 1.54) is 0 Å². The molecule has 1 atom stereocenters. The summed E-state index contributed by atoms with van der Waals surface area (Å²) in [5.41, 5.74) is 8.94. The van der Waals surface area contributed by atoms with Gasteiger partial charge < -0.3 is 10.5 Å². The molecule has 6 nitrogen and oxygen atoms in total. The van der Waals surface area contributed by atoms with E-state index in [1.54, 1.807) is 7.11 Å². The van der Waals surface area contributed by atoms with Crippen molar-refractivity contribution in [2.24, 2.45) is 0 Å². The topological polar surface area (TPSA) is 70.9 Å². The summed E-state index contributed by atoms with van der Waals surface area (Å²) in [4.78, 5) is 4.47. The molecule has 0 bridgehead atoms. The number of aryl methyl sites for hydroxylation is 2. The van der Waals surface area contributed by atoms with Gasteiger partial charge in [0, 0.05) is 13.7 Å². The molecule has 0 aromatic carbocycles. The van der Waals surface area contributed by atoms with Gasteiger partial charge in [0.25, 0.3) is 0 Å². The summed E-state index contributed by atoms with van der Waals surface area (Å²) in [6.45, 7) is 7.65. The molecule has 2 aromatic heterocycles. The van der Waals surface area contributed by atoms with Crippen molar-refractivity contribution in [3.63, 3.8) is 0 Å². The Bertz CT molecular complexity index is 551. The van der Waals surface area contributed by atoms with Gasteiger partial charge in [-0.25, -0.2) is 9.67 Å². The number of nitrogens with zero attached hydrogens (tertiary/aromatic N) is 4. The Morgan fingerprint density at radius 3 is 2.68 bits per heavy atom. The number of nitrogens with two attached hydrogens (primary N) is 1. The molecule has 2 aromatic rings. The molecule has 2 N–H and O–H groups in total. The van der Waals surface area contributed by atoms with Gasteiger partial charge in [0.2, 0.25) is 5.95 Å². The molecule has 106 valence electrons. The van der Waals surface area contributed by atoms with Crippen molar-refractivity contribution < 1.29 is 4.74 Å². The minimum absolute atomic E-state index is 0.210. The smallest absolute Gasteiger partial charge is 0.202 e. The van der Waals surface area contributed by atoms with Crippen LogP contribution in [0.2, 0.25) is 0 Å². The van der Waals surface area contributed by atoms with Gasteiger partial charge in [-0.15, -0.1) is 0 Å². The SMILES string of the molecule is CCCC(COC)n1c(N)nc2c(C)nn(CC)c21. The third-order valence-electron chi connectivity index (χ3n) is 3.42. The van der Waals surface area contributed by atoms with Crippen LogP contribution in [0.25, 0.3) is 11.2 Å². The fourth-order valence-electron chi connectivity index (χ4n) is 2.60. The van der Waals surface area contributed by atoms with Gasteiger partial charge in [-0.2, -0.15) is 5.10 Å². The largest absolute Gasteiger partial charge is 0.383 e. The van der Waals surface area contributed by atoms with Crippen LogP contribution in [0.15, 0.2) is 0 Å². The number of imidazole rings is 1.